The molecule has 12 heavy (non-hydrogen) atoms. The van der Waals surface area contributed by atoms with Gasteiger partial charge in [0.25, 0.3) is 5.56 Å². The molecule has 0 aromatic carbocycles. The third-order valence-electron chi connectivity index (χ3n) is 1.59. The van der Waals surface area contributed by atoms with E-state index in [2.05, 4.69) is 31.0 Å². The van der Waals surface area contributed by atoms with Gasteiger partial charge in [0.05, 0.1) is 6.33 Å². The van der Waals surface area contributed by atoms with Crippen LogP contribution in [0.4, 0.5) is 0 Å². The number of H-pyrrole nitrogens is 1. The number of rotatable bonds is 0. The molecule has 0 aliphatic heterocycles. The molecule has 0 bridgehead atoms. The van der Waals surface area contributed by atoms with Crippen LogP contribution in [-0.2, 0) is 7.05 Å². The SMILES string of the molecule is Cn1nc(Br)c2nc[nH]c(=O)c21. The van der Waals surface area contributed by atoms with E-state index in [0.29, 0.717) is 15.6 Å². The number of hydrogen-bond acceptors (Lipinski definition) is 3. The molecular formula is C6H5BrN4O. The van der Waals surface area contributed by atoms with E-state index in [1.807, 2.05) is 0 Å². The Labute approximate surface area is 75.6 Å². The predicted molar refractivity (Wildman–Crippen MR) is 46.8 cm³/mol. The molecule has 0 unspecified atom stereocenters. The van der Waals surface area contributed by atoms with Crippen LogP contribution in [0.1, 0.15) is 0 Å². The summed E-state index contributed by atoms with van der Waals surface area (Å²) in [6.45, 7) is 0. The van der Waals surface area contributed by atoms with Gasteiger partial charge in [-0.3, -0.25) is 9.48 Å². The monoisotopic (exact) mass is 228 g/mol. The molecule has 0 fully saturated rings. The van der Waals surface area contributed by atoms with E-state index < -0.39 is 0 Å². The number of nitrogens with zero attached hydrogens (tertiary/aromatic N) is 3. The molecule has 6 heteroatoms. The highest BCUT2D eigenvalue weighted by molar-refractivity contribution is 9.10. The van der Waals surface area contributed by atoms with Crippen LogP contribution in [0.3, 0.4) is 0 Å². The van der Waals surface area contributed by atoms with Crippen LogP contribution in [0.5, 0.6) is 0 Å². The number of aromatic nitrogens is 4. The van der Waals surface area contributed by atoms with Crippen LogP contribution in [0.2, 0.25) is 0 Å². The lowest BCUT2D eigenvalue weighted by Gasteiger charge is -1.88. The van der Waals surface area contributed by atoms with Gasteiger partial charge >= 0.3 is 0 Å². The fourth-order valence-electron chi connectivity index (χ4n) is 1.07. The Hall–Kier alpha value is -1.17. The van der Waals surface area contributed by atoms with E-state index in [9.17, 15) is 4.79 Å². The zero-order valence-electron chi connectivity index (χ0n) is 6.21. The Kier molecular flexibility index (Phi) is 1.50. The molecule has 0 saturated carbocycles. The van der Waals surface area contributed by atoms with Crippen molar-refractivity contribution in [1.82, 2.24) is 19.7 Å². The van der Waals surface area contributed by atoms with Gasteiger partial charge in [-0.1, -0.05) is 0 Å². The number of nitrogens with one attached hydrogen (secondary N) is 1. The fraction of sp³-hybridized carbons (Fsp3) is 0.167. The topological polar surface area (TPSA) is 63.6 Å². The first-order valence-corrected chi connectivity index (χ1v) is 4.05. The zero-order valence-corrected chi connectivity index (χ0v) is 7.79. The Morgan fingerprint density at radius 3 is 3.08 bits per heavy atom. The molecule has 2 aromatic rings. The highest BCUT2D eigenvalue weighted by Crippen LogP contribution is 2.15. The molecule has 0 aliphatic carbocycles. The first-order chi connectivity index (χ1) is 5.70. The molecule has 62 valence electrons. The number of aryl methyl sites for hydroxylation is 1. The minimum absolute atomic E-state index is 0.180. The van der Waals surface area contributed by atoms with Gasteiger partial charge in [-0.2, -0.15) is 5.10 Å². The van der Waals surface area contributed by atoms with Crippen LogP contribution >= 0.6 is 15.9 Å². The average Bonchev–Trinajstić information content (AvgIpc) is 2.29. The third-order valence-corrected chi connectivity index (χ3v) is 2.12. The molecule has 0 radical (unpaired) electrons. The van der Waals surface area contributed by atoms with Crippen LogP contribution < -0.4 is 5.56 Å². The van der Waals surface area contributed by atoms with E-state index in [-0.39, 0.29) is 5.56 Å². The van der Waals surface area contributed by atoms with Crippen molar-refractivity contribution in [2.75, 3.05) is 0 Å². The summed E-state index contributed by atoms with van der Waals surface area (Å²) in [4.78, 5) is 17.7. The molecule has 0 saturated heterocycles. The summed E-state index contributed by atoms with van der Waals surface area (Å²) >= 11 is 3.20. The lowest BCUT2D eigenvalue weighted by molar-refractivity contribution is 0.784. The molecule has 5 nitrogen and oxygen atoms in total. The molecule has 2 rings (SSSR count). The summed E-state index contributed by atoms with van der Waals surface area (Å²) in [6.07, 6.45) is 1.36. The van der Waals surface area contributed by atoms with Gasteiger partial charge < -0.3 is 4.98 Å². The minimum atomic E-state index is -0.180. The van der Waals surface area contributed by atoms with Gasteiger partial charge in [0.1, 0.15) is 5.52 Å². The fourth-order valence-corrected chi connectivity index (χ4v) is 1.60. The molecule has 0 aliphatic rings. The maximum absolute atomic E-state index is 11.2. The Bertz CT molecular complexity index is 486. The highest BCUT2D eigenvalue weighted by atomic mass is 79.9. The van der Waals surface area contributed by atoms with E-state index in [1.165, 1.54) is 11.0 Å². The van der Waals surface area contributed by atoms with E-state index in [4.69, 9.17) is 0 Å². The Balaban J connectivity index is 3.09. The minimum Gasteiger partial charge on any atom is -0.311 e. The van der Waals surface area contributed by atoms with Crippen molar-refractivity contribution < 1.29 is 0 Å². The second-order valence-corrected chi connectivity index (χ2v) is 3.09. The number of hydrogen-bond donors (Lipinski definition) is 1. The standard InChI is InChI=1S/C6H5BrN4O/c1-11-4-3(5(7)10-11)8-2-9-6(4)12/h2H,1H3,(H,8,9,12). The van der Waals surface area contributed by atoms with Crippen LogP contribution in [0.25, 0.3) is 11.0 Å². The summed E-state index contributed by atoms with van der Waals surface area (Å²) in [5.41, 5.74) is 0.881. The highest BCUT2D eigenvalue weighted by Gasteiger charge is 2.09. The molecular weight excluding hydrogens is 224 g/mol. The van der Waals surface area contributed by atoms with Crippen molar-refractivity contribution in [3.8, 4) is 0 Å². The van der Waals surface area contributed by atoms with Crippen molar-refractivity contribution in [3.63, 3.8) is 0 Å². The summed E-state index contributed by atoms with van der Waals surface area (Å²) in [5.74, 6) is 0. The second kappa shape index (κ2) is 2.41. The number of fused-ring (bicyclic) bond motifs is 1. The van der Waals surface area contributed by atoms with Crippen LogP contribution in [0.15, 0.2) is 15.7 Å². The molecule has 1 N–H and O–H groups in total. The predicted octanol–water partition coefficient (Wildman–Crippen LogP) is 0.419. The van der Waals surface area contributed by atoms with Gasteiger partial charge in [0, 0.05) is 7.05 Å². The van der Waals surface area contributed by atoms with E-state index >= 15 is 0 Å². The smallest absolute Gasteiger partial charge is 0.276 e. The van der Waals surface area contributed by atoms with Crippen molar-refractivity contribution in [1.29, 1.82) is 0 Å². The van der Waals surface area contributed by atoms with Crippen molar-refractivity contribution in [3.05, 3.63) is 21.3 Å². The maximum atomic E-state index is 11.2. The number of aromatic amines is 1. The summed E-state index contributed by atoms with van der Waals surface area (Å²) < 4.78 is 2.08. The first-order valence-electron chi connectivity index (χ1n) is 3.26. The first kappa shape index (κ1) is 7.48. The summed E-state index contributed by atoms with van der Waals surface area (Å²) in [5, 5.41) is 4.00. The molecule has 0 amide bonds. The summed E-state index contributed by atoms with van der Waals surface area (Å²) in [7, 11) is 1.70. The normalized spacial score (nSPS) is 10.8. The maximum Gasteiger partial charge on any atom is 0.276 e. The van der Waals surface area contributed by atoms with Crippen LogP contribution in [-0.4, -0.2) is 19.7 Å². The van der Waals surface area contributed by atoms with Gasteiger partial charge in [-0.05, 0) is 15.9 Å². The van der Waals surface area contributed by atoms with Crippen molar-refractivity contribution in [2.24, 2.45) is 7.05 Å². The largest absolute Gasteiger partial charge is 0.311 e. The van der Waals surface area contributed by atoms with Crippen molar-refractivity contribution >= 4 is 27.0 Å². The molecule has 0 atom stereocenters. The average molecular weight is 229 g/mol. The third kappa shape index (κ3) is 0.878. The lowest BCUT2D eigenvalue weighted by Crippen LogP contribution is -2.09. The van der Waals surface area contributed by atoms with Crippen LogP contribution in [0, 0.1) is 0 Å². The molecule has 0 spiro atoms. The Morgan fingerprint density at radius 2 is 2.42 bits per heavy atom. The summed E-state index contributed by atoms with van der Waals surface area (Å²) in [6, 6.07) is 0. The lowest BCUT2D eigenvalue weighted by atomic mass is 10.5. The van der Waals surface area contributed by atoms with Crippen molar-refractivity contribution in [2.45, 2.75) is 0 Å². The van der Waals surface area contributed by atoms with Gasteiger partial charge in [-0.25, -0.2) is 4.98 Å². The number of halogens is 1. The van der Waals surface area contributed by atoms with Gasteiger partial charge in [0.15, 0.2) is 10.1 Å². The van der Waals surface area contributed by atoms with E-state index in [1.54, 1.807) is 7.05 Å². The zero-order chi connectivity index (χ0) is 8.72. The molecule has 2 heterocycles. The van der Waals surface area contributed by atoms with Gasteiger partial charge in [0.2, 0.25) is 0 Å². The van der Waals surface area contributed by atoms with Gasteiger partial charge in [-0.15, -0.1) is 0 Å². The second-order valence-electron chi connectivity index (χ2n) is 2.34. The Morgan fingerprint density at radius 1 is 1.67 bits per heavy atom. The molecule has 2 aromatic heterocycles. The van der Waals surface area contributed by atoms with E-state index in [0.717, 1.165) is 0 Å². The quantitative estimate of drug-likeness (QED) is 0.711.